The molecule has 3 N–H and O–H groups in total. The van der Waals surface area contributed by atoms with E-state index in [0.717, 1.165) is 27.9 Å². The third-order valence-electron chi connectivity index (χ3n) is 4.64. The van der Waals surface area contributed by atoms with E-state index in [2.05, 4.69) is 10.3 Å². The number of imidazole rings is 1. The Balaban J connectivity index is 1.67. The van der Waals surface area contributed by atoms with Crippen molar-refractivity contribution in [2.45, 2.75) is 25.4 Å². The average Bonchev–Trinajstić information content (AvgIpc) is 3.07. The molecule has 0 bridgehead atoms. The normalized spacial score (nSPS) is 16.7. The summed E-state index contributed by atoms with van der Waals surface area (Å²) in [5.41, 5.74) is 10.2. The van der Waals surface area contributed by atoms with Crippen molar-refractivity contribution >= 4 is 11.6 Å². The summed E-state index contributed by atoms with van der Waals surface area (Å²) in [7, 11) is 0. The molecule has 132 valence electrons. The van der Waals surface area contributed by atoms with Gasteiger partial charge in [-0.2, -0.15) is 0 Å². The number of aryl methyl sites for hydroxylation is 1. The summed E-state index contributed by atoms with van der Waals surface area (Å²) < 4.78 is 16.0. The van der Waals surface area contributed by atoms with Crippen LogP contribution in [0.25, 0.3) is 11.1 Å². The first-order valence-corrected chi connectivity index (χ1v) is 8.53. The fourth-order valence-electron chi connectivity index (χ4n) is 3.27. The Morgan fingerprint density at radius 3 is 2.92 bits per heavy atom. The second-order valence-electron chi connectivity index (χ2n) is 6.59. The lowest BCUT2D eigenvalue weighted by atomic mass is 9.98. The topological polar surface area (TPSA) is 72.9 Å². The number of nitrogens with zero attached hydrogens (tertiary/aromatic N) is 2. The lowest BCUT2D eigenvalue weighted by Gasteiger charge is -2.11. The molecule has 1 unspecified atom stereocenters. The molecule has 1 aliphatic heterocycles. The van der Waals surface area contributed by atoms with Gasteiger partial charge in [-0.3, -0.25) is 4.79 Å². The molecular formula is C20H19FN4O. The van der Waals surface area contributed by atoms with Gasteiger partial charge in [0.15, 0.2) is 0 Å². The minimum Gasteiger partial charge on any atom is -0.333 e. The molecular weight excluding hydrogens is 331 g/mol. The van der Waals surface area contributed by atoms with Crippen LogP contribution in [0.15, 0.2) is 55.1 Å². The van der Waals surface area contributed by atoms with Crippen LogP contribution in [0.2, 0.25) is 0 Å². The van der Waals surface area contributed by atoms with Crippen LogP contribution in [0, 0.1) is 5.82 Å². The number of hydrogen-bond donors (Lipinski definition) is 2. The highest BCUT2D eigenvalue weighted by Crippen LogP contribution is 2.29. The maximum absolute atomic E-state index is 14.2. The second kappa shape index (κ2) is 6.72. The molecule has 6 heteroatoms. The Labute approximate surface area is 150 Å². The van der Waals surface area contributed by atoms with Gasteiger partial charge in [0.2, 0.25) is 5.91 Å². The van der Waals surface area contributed by atoms with Gasteiger partial charge in [0.25, 0.3) is 0 Å². The van der Waals surface area contributed by atoms with Crippen molar-refractivity contribution < 1.29 is 9.18 Å². The third-order valence-corrected chi connectivity index (χ3v) is 4.64. The Bertz CT molecular complexity index is 952. The molecule has 1 aliphatic rings. The molecule has 2 aromatic carbocycles. The number of aromatic nitrogens is 2. The van der Waals surface area contributed by atoms with Crippen LogP contribution in [0.3, 0.4) is 0 Å². The summed E-state index contributed by atoms with van der Waals surface area (Å²) in [6, 6.07) is 10.3. The minimum atomic E-state index is -0.498. The van der Waals surface area contributed by atoms with Gasteiger partial charge in [-0.05, 0) is 65.4 Å². The summed E-state index contributed by atoms with van der Waals surface area (Å²) in [4.78, 5) is 15.9. The zero-order valence-electron chi connectivity index (χ0n) is 14.2. The largest absolute Gasteiger partial charge is 0.333 e. The van der Waals surface area contributed by atoms with Gasteiger partial charge in [-0.25, -0.2) is 9.37 Å². The van der Waals surface area contributed by atoms with E-state index in [1.54, 1.807) is 12.5 Å². The van der Waals surface area contributed by atoms with Crippen LogP contribution in [0.5, 0.6) is 0 Å². The Morgan fingerprint density at radius 2 is 2.12 bits per heavy atom. The lowest BCUT2D eigenvalue weighted by molar-refractivity contribution is -0.117. The number of halogens is 1. The molecule has 3 aromatic rings. The van der Waals surface area contributed by atoms with Crippen LogP contribution >= 0.6 is 0 Å². The van der Waals surface area contributed by atoms with E-state index in [0.29, 0.717) is 19.4 Å². The Morgan fingerprint density at radius 1 is 1.23 bits per heavy atom. The number of carbonyl (C=O) groups excluding carboxylic acids is 1. The number of benzene rings is 2. The number of nitrogens with two attached hydrogens (primary N) is 1. The number of fused-ring (bicyclic) bond motifs is 1. The van der Waals surface area contributed by atoms with Crippen molar-refractivity contribution in [3.8, 4) is 11.1 Å². The Kier molecular flexibility index (Phi) is 4.26. The number of anilines is 1. The van der Waals surface area contributed by atoms with Crippen molar-refractivity contribution in [1.82, 2.24) is 9.55 Å². The van der Waals surface area contributed by atoms with Gasteiger partial charge in [0, 0.05) is 24.6 Å². The predicted molar refractivity (Wildman–Crippen MR) is 98.1 cm³/mol. The second-order valence-corrected chi connectivity index (χ2v) is 6.59. The minimum absolute atomic E-state index is 0.162. The summed E-state index contributed by atoms with van der Waals surface area (Å²) in [6.07, 6.45) is 6.56. The Hall–Kier alpha value is -2.99. The van der Waals surface area contributed by atoms with Crippen molar-refractivity contribution in [1.29, 1.82) is 0 Å². The smallest absolute Gasteiger partial charge is 0.241 e. The van der Waals surface area contributed by atoms with Crippen LogP contribution in [-0.4, -0.2) is 21.5 Å². The first-order chi connectivity index (χ1) is 12.6. The monoisotopic (exact) mass is 350 g/mol. The third kappa shape index (κ3) is 3.36. The molecule has 1 amide bonds. The maximum Gasteiger partial charge on any atom is 0.241 e. The van der Waals surface area contributed by atoms with E-state index < -0.39 is 6.04 Å². The van der Waals surface area contributed by atoms with Crippen LogP contribution in [-0.2, 0) is 17.8 Å². The number of nitrogens with one attached hydrogen (secondary N) is 1. The highest BCUT2D eigenvalue weighted by molar-refractivity contribution is 5.96. The van der Waals surface area contributed by atoms with E-state index in [4.69, 9.17) is 5.73 Å². The van der Waals surface area contributed by atoms with E-state index in [1.165, 1.54) is 12.1 Å². The molecule has 0 radical (unpaired) electrons. The van der Waals surface area contributed by atoms with Crippen LogP contribution in [0.1, 0.15) is 17.5 Å². The number of hydrogen-bond acceptors (Lipinski definition) is 3. The summed E-state index contributed by atoms with van der Waals surface area (Å²) in [6.45, 7) is 0.556. The summed E-state index contributed by atoms with van der Waals surface area (Å²) in [5, 5.41) is 2.86. The van der Waals surface area contributed by atoms with E-state index in [-0.39, 0.29) is 11.7 Å². The van der Waals surface area contributed by atoms with E-state index >= 15 is 0 Å². The zero-order chi connectivity index (χ0) is 18.1. The fraction of sp³-hybridized carbons (Fsp3) is 0.200. The molecule has 5 nitrogen and oxygen atoms in total. The number of amides is 1. The van der Waals surface area contributed by atoms with Crippen molar-refractivity contribution in [2.24, 2.45) is 5.73 Å². The molecule has 1 aromatic heterocycles. The molecule has 0 saturated heterocycles. The molecule has 4 rings (SSSR count). The first kappa shape index (κ1) is 16.5. The highest BCUT2D eigenvalue weighted by Gasteiger charge is 2.20. The molecule has 0 aliphatic carbocycles. The van der Waals surface area contributed by atoms with Gasteiger partial charge in [-0.15, -0.1) is 0 Å². The van der Waals surface area contributed by atoms with Gasteiger partial charge in [0.05, 0.1) is 12.4 Å². The SMILES string of the molecule is NC1CCc2cc(-c3cc(F)cc(Cn4ccnc4)c3)ccc2NC1=O. The molecule has 0 saturated carbocycles. The van der Waals surface area contributed by atoms with Gasteiger partial charge in [0.1, 0.15) is 5.82 Å². The highest BCUT2D eigenvalue weighted by atomic mass is 19.1. The average molecular weight is 350 g/mol. The quantitative estimate of drug-likeness (QED) is 0.763. The van der Waals surface area contributed by atoms with Crippen molar-refractivity contribution in [3.05, 3.63) is 72.1 Å². The van der Waals surface area contributed by atoms with Crippen LogP contribution < -0.4 is 11.1 Å². The van der Waals surface area contributed by atoms with Gasteiger partial charge >= 0.3 is 0 Å². The molecule has 2 heterocycles. The van der Waals surface area contributed by atoms with Crippen molar-refractivity contribution in [3.63, 3.8) is 0 Å². The molecule has 0 spiro atoms. The molecule has 0 fully saturated rings. The summed E-state index contributed by atoms with van der Waals surface area (Å²) in [5.74, 6) is -0.437. The predicted octanol–water partition coefficient (Wildman–Crippen LogP) is 2.95. The summed E-state index contributed by atoms with van der Waals surface area (Å²) >= 11 is 0. The first-order valence-electron chi connectivity index (χ1n) is 8.53. The fourth-order valence-corrected chi connectivity index (χ4v) is 3.27. The lowest BCUT2D eigenvalue weighted by Crippen LogP contribution is -2.34. The standard InChI is InChI=1S/C20H19FN4O/c21-17-8-13(11-25-6-5-23-12-25)7-16(10-17)14-2-4-19-15(9-14)1-3-18(22)20(26)24-19/h2,4-10,12,18H,1,3,11,22H2,(H,24,26). The van der Waals surface area contributed by atoms with Gasteiger partial charge < -0.3 is 15.6 Å². The van der Waals surface area contributed by atoms with Gasteiger partial charge in [-0.1, -0.05) is 6.07 Å². The van der Waals surface area contributed by atoms with E-state index in [9.17, 15) is 9.18 Å². The zero-order valence-corrected chi connectivity index (χ0v) is 14.2. The molecule has 26 heavy (non-hydrogen) atoms. The van der Waals surface area contributed by atoms with E-state index in [1.807, 2.05) is 35.0 Å². The number of rotatable bonds is 3. The van der Waals surface area contributed by atoms with Crippen LogP contribution in [0.4, 0.5) is 10.1 Å². The number of carbonyl (C=O) groups is 1. The van der Waals surface area contributed by atoms with Crippen molar-refractivity contribution in [2.75, 3.05) is 5.32 Å². The molecule has 1 atom stereocenters. The maximum atomic E-state index is 14.2.